The molecule has 0 heterocycles. The minimum atomic E-state index is -5.11. The van der Waals surface area contributed by atoms with Crippen LogP contribution in [0.3, 0.4) is 0 Å². The van der Waals surface area contributed by atoms with Gasteiger partial charge in [0.1, 0.15) is 6.17 Å². The quantitative estimate of drug-likeness (QED) is 0.0307. The lowest BCUT2D eigenvalue weighted by Gasteiger charge is -2.20. The van der Waals surface area contributed by atoms with Crippen LogP contribution in [0.5, 0.6) is 0 Å². The van der Waals surface area contributed by atoms with Gasteiger partial charge in [-0.05, 0) is 6.92 Å². The van der Waals surface area contributed by atoms with Crippen LogP contribution in [0.2, 0.25) is 0 Å². The Bertz CT molecular complexity index is 2720. The lowest BCUT2D eigenvalue weighted by Crippen LogP contribution is -2.17. The van der Waals surface area contributed by atoms with Crippen molar-refractivity contribution in [2.45, 2.75) is 33.0 Å². The van der Waals surface area contributed by atoms with Gasteiger partial charge in [0, 0.05) is 18.4 Å². The molecular formula is C30H73FO49P12. The molecule has 49 nitrogen and oxygen atoms in total. The molecule has 0 aromatic rings. The molecule has 0 bridgehead atoms. The first-order valence-corrected chi connectivity index (χ1v) is 42.7. The maximum absolute atomic E-state index is 14.1. The summed E-state index contributed by atoms with van der Waals surface area (Å²) < 4.78 is 260. The standard InChI is InChI=1S/C30H73FO49P12/c1-27(20-32)21-75-88(48,49)70-16-17-72-90(52,53)79-26-30(31)25-78-89(50,51)71-15-14-68-86(44,45)66-11-10-64-84(40,41)62-7-6-60-82(36,37)58-4-5-59-83(38,39)61-8-9-63-85(42,43)65-12-13-67-87(46,47)69-18-19-73-92(56,57)80-29(3)24-77-91(54,55)76-23-28(2)22-74-81(33,34)35/h27-30,32H,4-26H2,1-3H3,(H,36,37)(H,38,39)(H,40,41)(H,42,43)(H,44,45)(H,46,47)(H,48,49)(H,50,51)(H,52,53)(H,54,55)(H,56,57)(H2,33,34,35). The molecule has 92 heavy (non-hydrogen) atoms. The van der Waals surface area contributed by atoms with E-state index in [-0.39, 0.29) is 13.2 Å². The number of rotatable bonds is 61. The van der Waals surface area contributed by atoms with Crippen LogP contribution in [0.15, 0.2) is 0 Å². The van der Waals surface area contributed by atoms with Gasteiger partial charge in [0.05, 0.1) is 151 Å². The number of phosphoric acid groups is 12. The largest absolute Gasteiger partial charge is 0.472 e. The second-order valence-electron chi connectivity index (χ2n) is 16.7. The van der Waals surface area contributed by atoms with E-state index in [1.54, 1.807) is 0 Å². The number of aliphatic hydroxyl groups excluding tert-OH is 1. The van der Waals surface area contributed by atoms with E-state index in [9.17, 15) is 113 Å². The molecule has 62 heteroatoms. The maximum atomic E-state index is 14.1. The van der Waals surface area contributed by atoms with Crippen molar-refractivity contribution < 1.29 is 232 Å². The molecular weight excluding hydrogens is 1530 g/mol. The molecule has 0 aromatic carbocycles. The molecule has 0 saturated heterocycles. The highest BCUT2D eigenvalue weighted by molar-refractivity contribution is 7.50. The van der Waals surface area contributed by atoms with E-state index >= 15 is 0 Å². The molecule has 0 aliphatic heterocycles. The minimum Gasteiger partial charge on any atom is -0.396 e. The Hall–Kier alpha value is 1.21. The fourth-order valence-corrected chi connectivity index (χ4v) is 13.1. The van der Waals surface area contributed by atoms with Crippen molar-refractivity contribution in [2.75, 3.05) is 152 Å². The topological polar surface area (TPSA) is 700 Å². The number of halogens is 1. The molecule has 554 valence electrons. The Morgan fingerprint density at radius 1 is 0.250 bits per heavy atom. The van der Waals surface area contributed by atoms with Crippen LogP contribution < -0.4 is 0 Å². The monoisotopic (exact) mass is 1610 g/mol. The van der Waals surface area contributed by atoms with E-state index in [0.717, 1.165) is 6.92 Å². The summed E-state index contributed by atoms with van der Waals surface area (Å²) in [4.78, 5) is 124. The molecule has 0 aliphatic rings. The normalized spacial score (nSPS) is 21.2. The van der Waals surface area contributed by atoms with Crippen molar-refractivity contribution in [2.24, 2.45) is 11.8 Å². The van der Waals surface area contributed by atoms with Gasteiger partial charge in [-0.3, -0.25) is 104 Å². The Kier molecular flexibility index (Phi) is 45.1. The molecule has 0 aromatic heterocycles. The fraction of sp³-hybridized carbons (Fsp3) is 1.00. The van der Waals surface area contributed by atoms with Crippen molar-refractivity contribution in [1.82, 2.24) is 0 Å². The molecule has 0 rings (SSSR count). The number of alkyl halides is 1. The molecule has 14 N–H and O–H groups in total. The summed E-state index contributed by atoms with van der Waals surface area (Å²) in [5.74, 6) is -1.31. The van der Waals surface area contributed by atoms with E-state index in [1.165, 1.54) is 13.8 Å². The van der Waals surface area contributed by atoms with Crippen LogP contribution in [0.25, 0.3) is 0 Å². The lowest BCUT2D eigenvalue weighted by atomic mass is 10.2. The molecule has 0 fully saturated rings. The molecule has 15 unspecified atom stereocenters. The molecule has 15 atom stereocenters. The van der Waals surface area contributed by atoms with Gasteiger partial charge in [0.2, 0.25) is 0 Å². The summed E-state index contributed by atoms with van der Waals surface area (Å²) in [6.45, 7) is -16.1. The highest BCUT2D eigenvalue weighted by atomic mass is 31.2. The predicted molar refractivity (Wildman–Crippen MR) is 292 cm³/mol. The number of hydrogen-bond acceptors (Lipinski definition) is 36. The van der Waals surface area contributed by atoms with E-state index in [0.29, 0.717) is 0 Å². The van der Waals surface area contributed by atoms with Gasteiger partial charge in [0.15, 0.2) is 0 Å². The molecule has 0 aliphatic carbocycles. The Labute approximate surface area is 521 Å². The van der Waals surface area contributed by atoms with Crippen LogP contribution in [0.4, 0.5) is 4.39 Å². The van der Waals surface area contributed by atoms with E-state index < -0.39 is 257 Å². The summed E-state index contributed by atoms with van der Waals surface area (Å²) >= 11 is 0. The number of phosphoric ester groups is 12. The molecule has 0 saturated carbocycles. The van der Waals surface area contributed by atoms with E-state index in [4.69, 9.17) is 14.9 Å². The lowest BCUT2D eigenvalue weighted by molar-refractivity contribution is 0.0501. The van der Waals surface area contributed by atoms with Gasteiger partial charge >= 0.3 is 93.9 Å². The van der Waals surface area contributed by atoms with Crippen LogP contribution >= 0.6 is 93.9 Å². The Morgan fingerprint density at radius 2 is 0.424 bits per heavy atom. The van der Waals surface area contributed by atoms with Crippen LogP contribution in [0, 0.1) is 11.8 Å². The highest BCUT2D eigenvalue weighted by Gasteiger charge is 2.34. The Balaban J connectivity index is 4.32. The van der Waals surface area contributed by atoms with Crippen molar-refractivity contribution in [3.05, 3.63) is 0 Å². The van der Waals surface area contributed by atoms with Crippen molar-refractivity contribution in [3.8, 4) is 0 Å². The first kappa shape index (κ1) is 93.2. The average molecular weight is 1610 g/mol. The first-order valence-electron chi connectivity index (χ1n) is 24.7. The SMILES string of the molecule is CC(CO)COP(=O)(O)OCCOP(=O)(O)OCC(F)COP(=O)(O)OCCOP(=O)(O)OCCOP(=O)(O)OCCOP(=O)(O)OCCOP(=O)(O)OCCOP(=O)(O)OCCOP(=O)(O)OCCOP(=O)(O)OC(C)COP(=O)(O)OCC(C)COP(=O)(O)O. The van der Waals surface area contributed by atoms with Gasteiger partial charge in [-0.2, -0.15) is 0 Å². The maximum Gasteiger partial charge on any atom is 0.472 e. The summed E-state index contributed by atoms with van der Waals surface area (Å²) in [7, 11) is -59.4. The second kappa shape index (κ2) is 44.6. The number of hydrogen-bond donors (Lipinski definition) is 14. The third-order valence-electron chi connectivity index (χ3n) is 8.24. The fourth-order valence-electron chi connectivity index (χ4n) is 4.47. The van der Waals surface area contributed by atoms with Gasteiger partial charge in [-0.15, -0.1) is 0 Å². The zero-order valence-corrected chi connectivity index (χ0v) is 58.6. The van der Waals surface area contributed by atoms with Gasteiger partial charge in [0.25, 0.3) is 0 Å². The summed E-state index contributed by atoms with van der Waals surface area (Å²) in [6, 6.07) is 0. The van der Waals surface area contributed by atoms with Crippen molar-refractivity contribution in [3.63, 3.8) is 0 Å². The zero-order chi connectivity index (χ0) is 70.8. The minimum absolute atomic E-state index is 0.363. The van der Waals surface area contributed by atoms with Crippen LogP contribution in [-0.4, -0.2) is 233 Å². The first-order chi connectivity index (χ1) is 41.9. The van der Waals surface area contributed by atoms with Gasteiger partial charge in [-0.25, -0.2) is 59.2 Å². The van der Waals surface area contributed by atoms with E-state index in [2.05, 4.69) is 104 Å². The Morgan fingerprint density at radius 3 is 0.652 bits per heavy atom. The third kappa shape index (κ3) is 55.0. The average Bonchev–Trinajstić information content (AvgIpc) is 1.47. The predicted octanol–water partition coefficient (Wildman–Crippen LogP) is 2.56. The van der Waals surface area contributed by atoms with E-state index in [1.807, 2.05) is 0 Å². The summed E-state index contributed by atoms with van der Waals surface area (Å²) in [5.41, 5.74) is 0. The van der Waals surface area contributed by atoms with Gasteiger partial charge in [-0.1, -0.05) is 13.8 Å². The van der Waals surface area contributed by atoms with Gasteiger partial charge < -0.3 is 68.7 Å². The summed E-state index contributed by atoms with van der Waals surface area (Å²) in [6.07, 6.45) is -3.78. The van der Waals surface area contributed by atoms with Crippen molar-refractivity contribution >= 4 is 93.9 Å². The zero-order valence-electron chi connectivity index (χ0n) is 47.9. The highest BCUT2D eigenvalue weighted by Crippen LogP contribution is 2.52. The molecule has 0 spiro atoms. The smallest absolute Gasteiger partial charge is 0.396 e. The third-order valence-corrected chi connectivity index (χ3v) is 19.9. The second-order valence-corrected chi connectivity index (χ2v) is 33.8. The number of aliphatic hydroxyl groups is 1. The van der Waals surface area contributed by atoms with Crippen molar-refractivity contribution in [1.29, 1.82) is 0 Å². The van der Waals surface area contributed by atoms with Crippen LogP contribution in [-0.2, 0) is 159 Å². The van der Waals surface area contributed by atoms with Crippen LogP contribution in [0.1, 0.15) is 20.8 Å². The summed E-state index contributed by atoms with van der Waals surface area (Å²) in [5, 5.41) is 8.89. The molecule has 0 radical (unpaired) electrons. The molecule has 0 amide bonds.